The molecule has 0 atom stereocenters. The van der Waals surface area contributed by atoms with Crippen LogP contribution in [0.1, 0.15) is 21.6 Å². The number of aryl methyl sites for hydroxylation is 2. The molecule has 1 saturated heterocycles. The summed E-state index contributed by atoms with van der Waals surface area (Å²) >= 11 is 0. The molecule has 6 heteroatoms. The van der Waals surface area contributed by atoms with Crippen molar-refractivity contribution < 1.29 is 4.79 Å². The molecule has 0 aliphatic carbocycles. The number of H-pyrrole nitrogens is 1. The molecule has 3 aromatic rings. The summed E-state index contributed by atoms with van der Waals surface area (Å²) < 4.78 is 0. The Balaban J connectivity index is 1.51. The number of para-hydroxylation sites is 1. The molecule has 2 N–H and O–H groups in total. The van der Waals surface area contributed by atoms with Crippen molar-refractivity contribution in [3.8, 4) is 0 Å². The molecule has 1 amide bonds. The van der Waals surface area contributed by atoms with Gasteiger partial charge < -0.3 is 20.1 Å². The van der Waals surface area contributed by atoms with Crippen LogP contribution in [-0.2, 0) is 0 Å². The van der Waals surface area contributed by atoms with Crippen molar-refractivity contribution >= 4 is 28.3 Å². The highest BCUT2D eigenvalue weighted by atomic mass is 16.1. The van der Waals surface area contributed by atoms with E-state index in [0.29, 0.717) is 11.4 Å². The number of anilines is 2. The molecule has 0 radical (unpaired) electrons. The summed E-state index contributed by atoms with van der Waals surface area (Å²) in [5.74, 6) is 0.413. The van der Waals surface area contributed by atoms with Crippen molar-refractivity contribution in [2.45, 2.75) is 13.8 Å². The first kappa shape index (κ1) is 17.5. The number of aromatic amines is 1. The molecule has 0 unspecified atom stereocenters. The number of piperazine rings is 1. The maximum atomic E-state index is 12.8. The molecular formula is C21H25N5O. The summed E-state index contributed by atoms with van der Waals surface area (Å²) in [5.41, 5.74) is 4.86. The summed E-state index contributed by atoms with van der Waals surface area (Å²) in [6, 6.07) is 9.69. The van der Waals surface area contributed by atoms with Crippen LogP contribution in [0, 0.1) is 13.8 Å². The molecule has 4 rings (SSSR count). The first-order chi connectivity index (χ1) is 13.0. The van der Waals surface area contributed by atoms with E-state index in [-0.39, 0.29) is 5.91 Å². The molecular weight excluding hydrogens is 338 g/mol. The van der Waals surface area contributed by atoms with E-state index in [1.54, 1.807) is 0 Å². The number of pyridine rings is 1. The van der Waals surface area contributed by atoms with Crippen LogP contribution in [0.3, 0.4) is 0 Å². The van der Waals surface area contributed by atoms with Crippen molar-refractivity contribution in [1.29, 1.82) is 0 Å². The number of aromatic nitrogens is 2. The summed E-state index contributed by atoms with van der Waals surface area (Å²) in [6.45, 7) is 8.19. The van der Waals surface area contributed by atoms with Crippen LogP contribution in [0.2, 0.25) is 0 Å². The van der Waals surface area contributed by atoms with Crippen molar-refractivity contribution in [2.75, 3.05) is 43.4 Å². The van der Waals surface area contributed by atoms with Crippen molar-refractivity contribution in [1.82, 2.24) is 14.9 Å². The van der Waals surface area contributed by atoms with E-state index in [0.717, 1.165) is 48.5 Å². The van der Waals surface area contributed by atoms with E-state index in [2.05, 4.69) is 39.1 Å². The van der Waals surface area contributed by atoms with E-state index >= 15 is 0 Å². The largest absolute Gasteiger partial charge is 0.368 e. The monoisotopic (exact) mass is 363 g/mol. The maximum Gasteiger partial charge on any atom is 0.258 e. The number of benzene rings is 1. The third-order valence-electron chi connectivity index (χ3n) is 5.45. The van der Waals surface area contributed by atoms with Crippen LogP contribution in [0.25, 0.3) is 10.9 Å². The number of hydrogen-bond donors (Lipinski definition) is 2. The van der Waals surface area contributed by atoms with Gasteiger partial charge in [-0.15, -0.1) is 0 Å². The predicted octanol–water partition coefficient (Wildman–Crippen LogP) is 3.18. The fraction of sp³-hybridized carbons (Fsp3) is 0.333. The third kappa shape index (κ3) is 3.40. The zero-order valence-electron chi connectivity index (χ0n) is 16.0. The van der Waals surface area contributed by atoms with Gasteiger partial charge in [0.05, 0.1) is 23.0 Å². The van der Waals surface area contributed by atoms with E-state index in [9.17, 15) is 4.79 Å². The zero-order valence-corrected chi connectivity index (χ0v) is 16.0. The Kier molecular flexibility index (Phi) is 4.58. The highest BCUT2D eigenvalue weighted by molar-refractivity contribution is 6.12. The Morgan fingerprint density at radius 3 is 2.59 bits per heavy atom. The standard InChI is InChI=1S/C21H25N5O/c1-14-15(2)23-20-17(14)5-4-6-18(20)21(27)24-19-8-7-16(13-22-19)26-11-9-25(3)10-12-26/h4-8,13,23H,9-12H2,1-3H3,(H,22,24,27). The zero-order chi connectivity index (χ0) is 19.0. The van der Waals surface area contributed by atoms with Crippen LogP contribution in [-0.4, -0.2) is 54.0 Å². The minimum atomic E-state index is -0.151. The fourth-order valence-corrected chi connectivity index (χ4v) is 3.57. The van der Waals surface area contributed by atoms with Crippen LogP contribution < -0.4 is 10.2 Å². The lowest BCUT2D eigenvalue weighted by molar-refractivity contribution is 0.102. The van der Waals surface area contributed by atoms with Gasteiger partial charge in [0.1, 0.15) is 5.82 Å². The molecule has 2 aromatic heterocycles. The number of amides is 1. The quantitative estimate of drug-likeness (QED) is 0.750. The average Bonchev–Trinajstić information content (AvgIpc) is 2.97. The van der Waals surface area contributed by atoms with Gasteiger partial charge in [-0.3, -0.25) is 4.79 Å². The summed E-state index contributed by atoms with van der Waals surface area (Å²) in [7, 11) is 2.14. The molecule has 1 aliphatic rings. The number of nitrogens with one attached hydrogen (secondary N) is 2. The van der Waals surface area contributed by atoms with Crippen LogP contribution >= 0.6 is 0 Å². The first-order valence-corrected chi connectivity index (χ1v) is 9.32. The Morgan fingerprint density at radius 2 is 1.89 bits per heavy atom. The van der Waals surface area contributed by atoms with Gasteiger partial charge in [0.15, 0.2) is 0 Å². The van der Waals surface area contributed by atoms with Gasteiger partial charge in [-0.05, 0) is 44.7 Å². The summed E-state index contributed by atoms with van der Waals surface area (Å²) in [6.07, 6.45) is 1.84. The Bertz CT molecular complexity index is 968. The molecule has 3 heterocycles. The average molecular weight is 363 g/mol. The maximum absolute atomic E-state index is 12.8. The van der Waals surface area contributed by atoms with Crippen LogP contribution in [0.5, 0.6) is 0 Å². The van der Waals surface area contributed by atoms with Crippen molar-refractivity contribution in [2.24, 2.45) is 0 Å². The van der Waals surface area contributed by atoms with E-state index in [1.807, 2.05) is 43.5 Å². The Morgan fingerprint density at radius 1 is 1.11 bits per heavy atom. The predicted molar refractivity (Wildman–Crippen MR) is 110 cm³/mol. The van der Waals surface area contributed by atoms with Gasteiger partial charge >= 0.3 is 0 Å². The fourth-order valence-electron chi connectivity index (χ4n) is 3.57. The molecule has 6 nitrogen and oxygen atoms in total. The lowest BCUT2D eigenvalue weighted by Gasteiger charge is -2.33. The minimum Gasteiger partial charge on any atom is -0.368 e. The second-order valence-electron chi connectivity index (χ2n) is 7.25. The molecule has 1 fully saturated rings. The first-order valence-electron chi connectivity index (χ1n) is 9.32. The van der Waals surface area contributed by atoms with Gasteiger partial charge in [-0.1, -0.05) is 12.1 Å². The molecule has 0 bridgehead atoms. The number of carbonyl (C=O) groups excluding carboxylic acids is 1. The molecule has 1 aromatic carbocycles. The number of likely N-dealkylation sites (N-methyl/N-ethyl adjacent to an activating group) is 1. The van der Waals surface area contributed by atoms with Crippen LogP contribution in [0.4, 0.5) is 11.5 Å². The summed E-state index contributed by atoms with van der Waals surface area (Å²) in [5, 5.41) is 4.00. The minimum absolute atomic E-state index is 0.151. The number of fused-ring (bicyclic) bond motifs is 1. The lowest BCUT2D eigenvalue weighted by atomic mass is 10.1. The molecule has 27 heavy (non-hydrogen) atoms. The number of nitrogens with zero attached hydrogens (tertiary/aromatic N) is 3. The molecule has 0 spiro atoms. The summed E-state index contributed by atoms with van der Waals surface area (Å²) in [4.78, 5) is 25.2. The molecule has 1 aliphatic heterocycles. The van der Waals surface area contributed by atoms with Gasteiger partial charge in [0.2, 0.25) is 0 Å². The van der Waals surface area contributed by atoms with Gasteiger partial charge in [-0.25, -0.2) is 4.98 Å². The topological polar surface area (TPSA) is 64.3 Å². The Hall–Kier alpha value is -2.86. The number of rotatable bonds is 3. The van der Waals surface area contributed by atoms with Crippen molar-refractivity contribution in [3.05, 3.63) is 53.3 Å². The van der Waals surface area contributed by atoms with E-state index < -0.39 is 0 Å². The SMILES string of the molecule is Cc1[nH]c2c(C(=O)Nc3ccc(N4CCN(C)CC4)cn3)cccc2c1C. The van der Waals surface area contributed by atoms with Crippen LogP contribution in [0.15, 0.2) is 36.5 Å². The highest BCUT2D eigenvalue weighted by Crippen LogP contribution is 2.25. The smallest absolute Gasteiger partial charge is 0.258 e. The van der Waals surface area contributed by atoms with E-state index in [1.165, 1.54) is 5.56 Å². The number of hydrogen-bond acceptors (Lipinski definition) is 4. The third-order valence-corrected chi connectivity index (χ3v) is 5.45. The highest BCUT2D eigenvalue weighted by Gasteiger charge is 2.16. The van der Waals surface area contributed by atoms with E-state index in [4.69, 9.17) is 0 Å². The van der Waals surface area contributed by atoms with Gasteiger partial charge in [0.25, 0.3) is 5.91 Å². The van der Waals surface area contributed by atoms with Gasteiger partial charge in [-0.2, -0.15) is 0 Å². The normalized spacial score (nSPS) is 15.3. The molecule has 140 valence electrons. The Labute approximate surface area is 159 Å². The second-order valence-corrected chi connectivity index (χ2v) is 7.25. The second kappa shape index (κ2) is 7.04. The van der Waals surface area contributed by atoms with Crippen molar-refractivity contribution in [3.63, 3.8) is 0 Å². The molecule has 0 saturated carbocycles. The number of carbonyl (C=O) groups is 1. The lowest BCUT2D eigenvalue weighted by Crippen LogP contribution is -2.44. The van der Waals surface area contributed by atoms with Gasteiger partial charge in [0, 0.05) is 37.3 Å².